The van der Waals surface area contributed by atoms with Crippen LogP contribution in [-0.4, -0.2) is 60.5 Å². The fraction of sp³-hybridized carbons (Fsp3) is 0.529. The second kappa shape index (κ2) is 7.32. The molecular formula is C17H21ClN2O3. The lowest BCUT2D eigenvalue weighted by Gasteiger charge is -2.24. The Bertz CT molecular complexity index is 587. The Hall–Kier alpha value is -1.59. The zero-order chi connectivity index (χ0) is 16.2. The summed E-state index contributed by atoms with van der Waals surface area (Å²) >= 11 is 6.12. The third-order valence-corrected chi connectivity index (χ3v) is 4.73. The molecule has 1 aromatic rings. The van der Waals surface area contributed by atoms with E-state index in [9.17, 15) is 9.59 Å². The molecule has 2 heterocycles. The van der Waals surface area contributed by atoms with E-state index in [4.69, 9.17) is 16.3 Å². The van der Waals surface area contributed by atoms with Gasteiger partial charge in [0.15, 0.2) is 0 Å². The number of carbonyl (C=O) groups excluding carboxylic acids is 2. The first-order valence-electron chi connectivity index (χ1n) is 8.11. The van der Waals surface area contributed by atoms with Crippen LogP contribution in [0.2, 0.25) is 5.02 Å². The molecule has 2 fully saturated rings. The molecule has 3 rings (SSSR count). The summed E-state index contributed by atoms with van der Waals surface area (Å²) in [6.45, 7) is 3.06. The minimum absolute atomic E-state index is 0.0644. The number of ether oxygens (including phenoxy) is 1. The van der Waals surface area contributed by atoms with Gasteiger partial charge in [0.25, 0.3) is 11.8 Å². The number of rotatable bonds is 2. The maximum absolute atomic E-state index is 12.6. The summed E-state index contributed by atoms with van der Waals surface area (Å²) < 4.78 is 5.48. The molecule has 0 radical (unpaired) electrons. The molecular weight excluding hydrogens is 316 g/mol. The van der Waals surface area contributed by atoms with Gasteiger partial charge in [-0.3, -0.25) is 9.59 Å². The van der Waals surface area contributed by atoms with E-state index in [1.54, 1.807) is 17.0 Å². The van der Waals surface area contributed by atoms with Gasteiger partial charge in [-0.1, -0.05) is 23.7 Å². The van der Waals surface area contributed by atoms with Crippen LogP contribution in [-0.2, 0) is 9.53 Å². The largest absolute Gasteiger partial charge is 0.368 e. The summed E-state index contributed by atoms with van der Waals surface area (Å²) in [4.78, 5) is 28.7. The molecule has 1 aromatic carbocycles. The molecule has 0 N–H and O–H groups in total. The molecule has 2 aliphatic heterocycles. The average molecular weight is 337 g/mol. The second-order valence-corrected chi connectivity index (χ2v) is 6.36. The molecule has 0 saturated carbocycles. The van der Waals surface area contributed by atoms with Crippen molar-refractivity contribution < 1.29 is 14.3 Å². The van der Waals surface area contributed by atoms with Gasteiger partial charge >= 0.3 is 0 Å². The Morgan fingerprint density at radius 3 is 2.52 bits per heavy atom. The van der Waals surface area contributed by atoms with Gasteiger partial charge in [0.1, 0.15) is 6.10 Å². The van der Waals surface area contributed by atoms with Crippen molar-refractivity contribution in [1.29, 1.82) is 0 Å². The lowest BCUT2D eigenvalue weighted by atomic mass is 10.2. The van der Waals surface area contributed by atoms with Crippen LogP contribution in [0.3, 0.4) is 0 Å². The van der Waals surface area contributed by atoms with Crippen LogP contribution in [0.1, 0.15) is 29.6 Å². The van der Waals surface area contributed by atoms with Crippen LogP contribution in [0.15, 0.2) is 24.3 Å². The van der Waals surface area contributed by atoms with E-state index in [-0.39, 0.29) is 17.9 Å². The van der Waals surface area contributed by atoms with Gasteiger partial charge in [0, 0.05) is 32.8 Å². The molecule has 1 atom stereocenters. The quantitative estimate of drug-likeness (QED) is 0.832. The number of halogens is 1. The average Bonchev–Trinajstić information content (AvgIpc) is 2.98. The SMILES string of the molecule is O=C(c1ccccc1Cl)N1CCCN(C(=O)C2CCCO2)CC1. The molecule has 5 nitrogen and oxygen atoms in total. The van der Waals surface area contributed by atoms with Gasteiger partial charge in [0.05, 0.1) is 10.6 Å². The summed E-state index contributed by atoms with van der Waals surface area (Å²) in [5, 5.41) is 0.467. The highest BCUT2D eigenvalue weighted by Gasteiger charge is 2.30. The van der Waals surface area contributed by atoms with Crippen molar-refractivity contribution in [2.24, 2.45) is 0 Å². The third-order valence-electron chi connectivity index (χ3n) is 4.40. The first-order chi connectivity index (χ1) is 11.2. The van der Waals surface area contributed by atoms with Crippen molar-refractivity contribution >= 4 is 23.4 Å². The van der Waals surface area contributed by atoms with Crippen molar-refractivity contribution in [3.63, 3.8) is 0 Å². The molecule has 2 saturated heterocycles. The molecule has 1 unspecified atom stereocenters. The highest BCUT2D eigenvalue weighted by Crippen LogP contribution is 2.19. The van der Waals surface area contributed by atoms with Gasteiger partial charge in [-0.15, -0.1) is 0 Å². The zero-order valence-electron chi connectivity index (χ0n) is 13.0. The van der Waals surface area contributed by atoms with Crippen molar-refractivity contribution in [1.82, 2.24) is 9.80 Å². The molecule has 124 valence electrons. The van der Waals surface area contributed by atoms with E-state index in [0.717, 1.165) is 19.3 Å². The van der Waals surface area contributed by atoms with Crippen LogP contribution in [0, 0.1) is 0 Å². The smallest absolute Gasteiger partial charge is 0.255 e. The Labute approximate surface area is 141 Å². The van der Waals surface area contributed by atoms with Crippen molar-refractivity contribution in [2.45, 2.75) is 25.4 Å². The molecule has 0 aromatic heterocycles. The van der Waals surface area contributed by atoms with Crippen LogP contribution in [0.25, 0.3) is 0 Å². The number of hydrogen-bond donors (Lipinski definition) is 0. The van der Waals surface area contributed by atoms with Gasteiger partial charge in [0.2, 0.25) is 0 Å². The predicted octanol–water partition coefficient (Wildman–Crippen LogP) is 2.19. The maximum Gasteiger partial charge on any atom is 0.255 e. The monoisotopic (exact) mass is 336 g/mol. The third kappa shape index (κ3) is 3.67. The predicted molar refractivity (Wildman–Crippen MR) is 87.5 cm³/mol. The zero-order valence-corrected chi connectivity index (χ0v) is 13.8. The van der Waals surface area contributed by atoms with Gasteiger partial charge in [-0.05, 0) is 31.4 Å². The number of nitrogens with zero attached hydrogens (tertiary/aromatic N) is 2. The number of benzene rings is 1. The summed E-state index contributed by atoms with van der Waals surface area (Å²) in [7, 11) is 0. The standard InChI is InChI=1S/C17H21ClN2O3/c18-14-6-2-1-5-13(14)16(21)19-8-4-9-20(11-10-19)17(22)15-7-3-12-23-15/h1-2,5-6,15H,3-4,7-12H2. The van der Waals surface area contributed by atoms with Crippen LogP contribution >= 0.6 is 11.6 Å². The van der Waals surface area contributed by atoms with Crippen molar-refractivity contribution in [3.05, 3.63) is 34.9 Å². The molecule has 0 bridgehead atoms. The van der Waals surface area contributed by atoms with E-state index in [1.165, 1.54) is 0 Å². The topological polar surface area (TPSA) is 49.9 Å². The van der Waals surface area contributed by atoms with Crippen LogP contribution in [0.4, 0.5) is 0 Å². The normalized spacial score (nSPS) is 22.0. The van der Waals surface area contributed by atoms with Gasteiger partial charge in [-0.2, -0.15) is 0 Å². The highest BCUT2D eigenvalue weighted by atomic mass is 35.5. The van der Waals surface area contributed by atoms with Crippen LogP contribution < -0.4 is 0 Å². The van der Waals surface area contributed by atoms with Gasteiger partial charge in [-0.25, -0.2) is 0 Å². The summed E-state index contributed by atoms with van der Waals surface area (Å²) in [6.07, 6.45) is 2.23. The van der Waals surface area contributed by atoms with Crippen molar-refractivity contribution in [2.75, 3.05) is 32.8 Å². The maximum atomic E-state index is 12.6. The minimum Gasteiger partial charge on any atom is -0.368 e. The Kier molecular flexibility index (Phi) is 5.18. The fourth-order valence-electron chi connectivity index (χ4n) is 3.12. The minimum atomic E-state index is -0.291. The summed E-state index contributed by atoms with van der Waals surface area (Å²) in [5.41, 5.74) is 0.521. The van der Waals surface area contributed by atoms with Gasteiger partial charge < -0.3 is 14.5 Å². The molecule has 6 heteroatoms. The Morgan fingerprint density at radius 1 is 1.04 bits per heavy atom. The van der Waals surface area contributed by atoms with E-state index >= 15 is 0 Å². The van der Waals surface area contributed by atoms with Crippen molar-refractivity contribution in [3.8, 4) is 0 Å². The number of amides is 2. The molecule has 0 aliphatic carbocycles. The molecule has 23 heavy (non-hydrogen) atoms. The second-order valence-electron chi connectivity index (χ2n) is 5.95. The summed E-state index contributed by atoms with van der Waals surface area (Å²) in [6, 6.07) is 7.08. The van der Waals surface area contributed by atoms with Crippen LogP contribution in [0.5, 0.6) is 0 Å². The molecule has 0 spiro atoms. The highest BCUT2D eigenvalue weighted by molar-refractivity contribution is 6.33. The number of hydrogen-bond acceptors (Lipinski definition) is 3. The Balaban J connectivity index is 1.63. The van der Waals surface area contributed by atoms with E-state index in [1.807, 2.05) is 17.0 Å². The number of carbonyl (C=O) groups is 2. The fourth-order valence-corrected chi connectivity index (χ4v) is 3.34. The van der Waals surface area contributed by atoms with E-state index < -0.39 is 0 Å². The lowest BCUT2D eigenvalue weighted by Crippen LogP contribution is -2.41. The first kappa shape index (κ1) is 16.3. The first-order valence-corrected chi connectivity index (χ1v) is 8.49. The molecule has 2 amide bonds. The lowest BCUT2D eigenvalue weighted by molar-refractivity contribution is -0.140. The Morgan fingerprint density at radius 2 is 1.78 bits per heavy atom. The van der Waals surface area contributed by atoms with E-state index in [2.05, 4.69) is 0 Å². The summed E-state index contributed by atoms with van der Waals surface area (Å²) in [5.74, 6) is -0.00319. The van der Waals surface area contributed by atoms with E-state index in [0.29, 0.717) is 43.4 Å². The molecule has 2 aliphatic rings.